The minimum Gasteiger partial charge on any atom is -0.337 e. The summed E-state index contributed by atoms with van der Waals surface area (Å²) >= 11 is 3.50. The van der Waals surface area contributed by atoms with Crippen LogP contribution in [-0.2, 0) is 6.54 Å². The molecule has 0 atom stereocenters. The van der Waals surface area contributed by atoms with Crippen molar-refractivity contribution in [3.63, 3.8) is 0 Å². The second-order valence-corrected chi connectivity index (χ2v) is 5.37. The van der Waals surface area contributed by atoms with Crippen LogP contribution in [0.5, 0.6) is 0 Å². The van der Waals surface area contributed by atoms with Gasteiger partial charge in [-0.25, -0.2) is 0 Å². The van der Waals surface area contributed by atoms with Crippen molar-refractivity contribution in [1.82, 2.24) is 4.57 Å². The molecule has 1 aromatic heterocycles. The molecular formula is C16H12BrNO. The average molecular weight is 314 g/mol. The van der Waals surface area contributed by atoms with Crippen LogP contribution >= 0.6 is 15.9 Å². The zero-order chi connectivity index (χ0) is 13.4. The molecule has 0 aliphatic rings. The number of nitrogens with zero attached hydrogens (tertiary/aromatic N) is 1. The number of halogens is 1. The fourth-order valence-corrected chi connectivity index (χ4v) is 2.85. The van der Waals surface area contributed by atoms with Crippen molar-refractivity contribution in [3.8, 4) is 0 Å². The second kappa shape index (κ2) is 4.67. The van der Waals surface area contributed by atoms with Gasteiger partial charge in [0.2, 0.25) is 0 Å². The van der Waals surface area contributed by atoms with Gasteiger partial charge in [-0.1, -0.05) is 22.0 Å². The average Bonchev–Trinajstić information content (AvgIpc) is 2.73. The first kappa shape index (κ1) is 12.2. The summed E-state index contributed by atoms with van der Waals surface area (Å²) in [6, 6.07) is 12.0. The van der Waals surface area contributed by atoms with Gasteiger partial charge in [-0.3, -0.25) is 4.79 Å². The molecule has 3 aromatic rings. The summed E-state index contributed by atoms with van der Waals surface area (Å²) < 4.78 is 3.24. The van der Waals surface area contributed by atoms with Crippen molar-refractivity contribution in [2.24, 2.45) is 0 Å². The molecule has 3 heteroatoms. The Labute approximate surface area is 119 Å². The Bertz CT molecular complexity index is 801. The van der Waals surface area contributed by atoms with E-state index in [1.165, 1.54) is 0 Å². The Morgan fingerprint density at radius 1 is 1.11 bits per heavy atom. The molecule has 0 fully saturated rings. The standard InChI is InChI=1S/C16H12BrNO/c1-2-7-18-15-5-3-11(10-19)8-13(15)14-9-12(17)4-6-16(14)18/h2-6,8-10H,1,7H2. The predicted octanol–water partition coefficient (Wildman–Crippen LogP) is 4.56. The van der Waals surface area contributed by atoms with E-state index in [-0.39, 0.29) is 0 Å². The van der Waals surface area contributed by atoms with Crippen molar-refractivity contribution in [2.45, 2.75) is 6.54 Å². The van der Waals surface area contributed by atoms with Crippen LogP contribution in [0.25, 0.3) is 21.8 Å². The molecule has 94 valence electrons. The molecule has 0 aliphatic heterocycles. The van der Waals surface area contributed by atoms with Crippen LogP contribution in [0.2, 0.25) is 0 Å². The topological polar surface area (TPSA) is 22.0 Å². The van der Waals surface area contributed by atoms with Crippen LogP contribution < -0.4 is 0 Å². The van der Waals surface area contributed by atoms with Crippen molar-refractivity contribution < 1.29 is 4.79 Å². The fraction of sp³-hybridized carbons (Fsp3) is 0.0625. The summed E-state index contributed by atoms with van der Waals surface area (Å²) in [5, 5.41) is 2.25. The number of benzene rings is 2. The Hall–Kier alpha value is -1.87. The molecule has 0 radical (unpaired) electrons. The summed E-state index contributed by atoms with van der Waals surface area (Å²) in [6.45, 7) is 4.57. The summed E-state index contributed by atoms with van der Waals surface area (Å²) in [5.74, 6) is 0. The molecule has 2 aromatic carbocycles. The molecule has 0 aliphatic carbocycles. The largest absolute Gasteiger partial charge is 0.337 e. The summed E-state index contributed by atoms with van der Waals surface area (Å²) in [6.07, 6.45) is 2.77. The van der Waals surface area contributed by atoms with Crippen LogP contribution in [0.4, 0.5) is 0 Å². The van der Waals surface area contributed by atoms with Gasteiger partial charge in [-0.15, -0.1) is 6.58 Å². The zero-order valence-corrected chi connectivity index (χ0v) is 11.9. The number of hydrogen-bond acceptors (Lipinski definition) is 1. The highest BCUT2D eigenvalue weighted by Crippen LogP contribution is 2.31. The van der Waals surface area contributed by atoms with Gasteiger partial charge in [0, 0.05) is 38.4 Å². The number of allylic oxidation sites excluding steroid dienone is 1. The van der Waals surface area contributed by atoms with Crippen LogP contribution in [0.3, 0.4) is 0 Å². The zero-order valence-electron chi connectivity index (χ0n) is 10.3. The lowest BCUT2D eigenvalue weighted by atomic mass is 10.1. The molecule has 3 rings (SSSR count). The maximum Gasteiger partial charge on any atom is 0.150 e. The molecule has 0 spiro atoms. The summed E-state index contributed by atoms with van der Waals surface area (Å²) in [5.41, 5.74) is 2.98. The predicted molar refractivity (Wildman–Crippen MR) is 82.7 cm³/mol. The highest BCUT2D eigenvalue weighted by Gasteiger charge is 2.10. The molecule has 0 bridgehead atoms. The maximum atomic E-state index is 11.0. The smallest absolute Gasteiger partial charge is 0.150 e. The van der Waals surface area contributed by atoms with E-state index < -0.39 is 0 Å². The number of carbonyl (C=O) groups is 1. The third-order valence-corrected chi connectivity index (χ3v) is 3.79. The Balaban J connectivity index is 2.49. The molecule has 2 nitrogen and oxygen atoms in total. The summed E-state index contributed by atoms with van der Waals surface area (Å²) in [4.78, 5) is 11.0. The Morgan fingerprint density at radius 2 is 1.79 bits per heavy atom. The van der Waals surface area contributed by atoms with Gasteiger partial charge in [-0.05, 0) is 36.4 Å². The van der Waals surface area contributed by atoms with Crippen molar-refractivity contribution in [1.29, 1.82) is 0 Å². The van der Waals surface area contributed by atoms with Crippen molar-refractivity contribution >= 4 is 44.0 Å². The number of aromatic nitrogens is 1. The van der Waals surface area contributed by atoms with Gasteiger partial charge in [0.1, 0.15) is 6.29 Å². The Kier molecular flexibility index (Phi) is 2.99. The Morgan fingerprint density at radius 3 is 2.47 bits per heavy atom. The lowest BCUT2D eigenvalue weighted by Crippen LogP contribution is -1.93. The molecule has 0 N–H and O–H groups in total. The number of rotatable bonds is 3. The number of fused-ring (bicyclic) bond motifs is 3. The van der Waals surface area contributed by atoms with Gasteiger partial charge in [0.25, 0.3) is 0 Å². The first-order chi connectivity index (χ1) is 9.24. The third kappa shape index (κ3) is 1.90. The SMILES string of the molecule is C=CCn1c2ccc(Br)cc2c2cc(C=O)ccc21. The molecule has 0 saturated carbocycles. The van der Waals surface area contributed by atoms with Gasteiger partial charge < -0.3 is 4.57 Å². The van der Waals surface area contributed by atoms with Gasteiger partial charge >= 0.3 is 0 Å². The normalized spacial score (nSPS) is 11.0. The molecule has 1 heterocycles. The lowest BCUT2D eigenvalue weighted by molar-refractivity contribution is 0.112. The van der Waals surface area contributed by atoms with E-state index in [0.717, 1.165) is 39.1 Å². The monoisotopic (exact) mass is 313 g/mol. The molecular weight excluding hydrogens is 302 g/mol. The minimum absolute atomic E-state index is 0.699. The van der Waals surface area contributed by atoms with E-state index in [0.29, 0.717) is 5.56 Å². The van der Waals surface area contributed by atoms with E-state index >= 15 is 0 Å². The number of hydrogen-bond donors (Lipinski definition) is 0. The maximum absolute atomic E-state index is 11.0. The number of carbonyl (C=O) groups excluding carboxylic acids is 1. The minimum atomic E-state index is 0.699. The first-order valence-corrected chi connectivity index (χ1v) is 6.81. The molecule has 0 saturated heterocycles. The van der Waals surface area contributed by atoms with Crippen LogP contribution in [0.15, 0.2) is 53.5 Å². The van der Waals surface area contributed by atoms with E-state index in [1.54, 1.807) is 0 Å². The highest BCUT2D eigenvalue weighted by molar-refractivity contribution is 9.10. The van der Waals surface area contributed by atoms with Gasteiger partial charge in [0.05, 0.1) is 0 Å². The van der Waals surface area contributed by atoms with E-state index in [1.807, 2.05) is 30.3 Å². The van der Waals surface area contributed by atoms with E-state index in [4.69, 9.17) is 0 Å². The van der Waals surface area contributed by atoms with Crippen LogP contribution in [-0.4, -0.2) is 10.9 Å². The van der Waals surface area contributed by atoms with Crippen molar-refractivity contribution in [3.05, 3.63) is 59.1 Å². The fourth-order valence-electron chi connectivity index (χ4n) is 2.49. The van der Waals surface area contributed by atoms with Gasteiger partial charge in [0.15, 0.2) is 0 Å². The first-order valence-electron chi connectivity index (χ1n) is 6.02. The van der Waals surface area contributed by atoms with Gasteiger partial charge in [-0.2, -0.15) is 0 Å². The summed E-state index contributed by atoms with van der Waals surface area (Å²) in [7, 11) is 0. The van der Waals surface area contributed by atoms with Crippen LogP contribution in [0, 0.1) is 0 Å². The molecule has 0 amide bonds. The molecule has 19 heavy (non-hydrogen) atoms. The number of aldehydes is 1. The van der Waals surface area contributed by atoms with Crippen LogP contribution in [0.1, 0.15) is 10.4 Å². The van der Waals surface area contributed by atoms with E-state index in [9.17, 15) is 4.79 Å². The van der Waals surface area contributed by atoms with Crippen molar-refractivity contribution in [2.75, 3.05) is 0 Å². The second-order valence-electron chi connectivity index (χ2n) is 4.46. The quantitative estimate of drug-likeness (QED) is 0.513. The molecule has 0 unspecified atom stereocenters. The third-order valence-electron chi connectivity index (χ3n) is 3.30. The highest BCUT2D eigenvalue weighted by atomic mass is 79.9. The van der Waals surface area contributed by atoms with E-state index in [2.05, 4.69) is 39.2 Å². The lowest BCUT2D eigenvalue weighted by Gasteiger charge is -2.03.